The fourth-order valence-electron chi connectivity index (χ4n) is 3.40. The summed E-state index contributed by atoms with van der Waals surface area (Å²) < 4.78 is 5.87. The van der Waals surface area contributed by atoms with Gasteiger partial charge in [-0.05, 0) is 37.0 Å². The van der Waals surface area contributed by atoms with Gasteiger partial charge in [-0.15, -0.1) is 0 Å². The predicted molar refractivity (Wildman–Crippen MR) is 76.4 cm³/mol. The largest absolute Gasteiger partial charge is 0.373 e. The zero-order valence-electron chi connectivity index (χ0n) is 10.7. The summed E-state index contributed by atoms with van der Waals surface area (Å²) in [6, 6.07) is 6.53. The normalized spacial score (nSPS) is 29.4. The van der Waals surface area contributed by atoms with E-state index in [1.165, 1.54) is 30.2 Å². The summed E-state index contributed by atoms with van der Waals surface area (Å²) in [5, 5.41) is 5.67. The number of benzene rings is 1. The SMILES string of the molecule is Clc1ccc2c(CNC3CC4CCC3O4)c[nH]c2c1. The smallest absolute Gasteiger partial charge is 0.0733 e. The van der Waals surface area contributed by atoms with Crippen molar-refractivity contribution in [2.45, 2.75) is 44.1 Å². The van der Waals surface area contributed by atoms with E-state index in [1.54, 1.807) is 0 Å². The van der Waals surface area contributed by atoms with Crippen LogP contribution >= 0.6 is 11.6 Å². The lowest BCUT2D eigenvalue weighted by atomic mass is 9.95. The molecule has 1 aromatic carbocycles. The Morgan fingerprint density at radius 2 is 2.32 bits per heavy atom. The van der Waals surface area contributed by atoms with Crippen molar-refractivity contribution in [1.82, 2.24) is 10.3 Å². The van der Waals surface area contributed by atoms with Crippen molar-refractivity contribution < 1.29 is 4.74 Å². The minimum absolute atomic E-state index is 0.435. The van der Waals surface area contributed by atoms with Gasteiger partial charge in [0.2, 0.25) is 0 Å². The number of hydrogen-bond acceptors (Lipinski definition) is 2. The lowest BCUT2D eigenvalue weighted by Gasteiger charge is -2.19. The number of hydrogen-bond donors (Lipinski definition) is 2. The summed E-state index contributed by atoms with van der Waals surface area (Å²) in [6.07, 6.45) is 6.63. The Kier molecular flexibility index (Phi) is 2.79. The summed E-state index contributed by atoms with van der Waals surface area (Å²) in [7, 11) is 0. The summed E-state index contributed by atoms with van der Waals surface area (Å²) >= 11 is 6.00. The molecule has 3 nitrogen and oxygen atoms in total. The first-order valence-corrected chi connectivity index (χ1v) is 7.32. The van der Waals surface area contributed by atoms with E-state index in [9.17, 15) is 0 Å². The number of aromatic nitrogens is 1. The van der Waals surface area contributed by atoms with Crippen molar-refractivity contribution in [3.05, 3.63) is 35.0 Å². The van der Waals surface area contributed by atoms with Crippen molar-refractivity contribution in [2.24, 2.45) is 0 Å². The zero-order chi connectivity index (χ0) is 12.8. The van der Waals surface area contributed by atoms with Crippen LogP contribution in [-0.4, -0.2) is 23.2 Å². The third-order valence-corrected chi connectivity index (χ3v) is 4.63. The quantitative estimate of drug-likeness (QED) is 0.903. The van der Waals surface area contributed by atoms with Gasteiger partial charge >= 0.3 is 0 Å². The van der Waals surface area contributed by atoms with Crippen LogP contribution in [0.5, 0.6) is 0 Å². The van der Waals surface area contributed by atoms with Gasteiger partial charge in [-0.1, -0.05) is 17.7 Å². The second-order valence-corrected chi connectivity index (χ2v) is 6.04. The van der Waals surface area contributed by atoms with Crippen molar-refractivity contribution in [1.29, 1.82) is 0 Å². The Hall–Kier alpha value is -1.03. The van der Waals surface area contributed by atoms with Gasteiger partial charge in [-0.25, -0.2) is 0 Å². The molecule has 0 aliphatic carbocycles. The molecule has 3 unspecified atom stereocenters. The molecule has 4 heteroatoms. The number of H-pyrrole nitrogens is 1. The molecule has 0 amide bonds. The number of aromatic amines is 1. The molecule has 4 rings (SSSR count). The van der Waals surface area contributed by atoms with E-state index in [0.29, 0.717) is 18.2 Å². The number of ether oxygens (including phenoxy) is 1. The average molecular weight is 277 g/mol. The monoisotopic (exact) mass is 276 g/mol. The highest BCUT2D eigenvalue weighted by atomic mass is 35.5. The van der Waals surface area contributed by atoms with Crippen molar-refractivity contribution in [2.75, 3.05) is 0 Å². The summed E-state index contributed by atoms with van der Waals surface area (Å²) in [5.41, 5.74) is 2.41. The Morgan fingerprint density at radius 1 is 1.37 bits per heavy atom. The van der Waals surface area contributed by atoms with E-state index in [4.69, 9.17) is 16.3 Å². The molecule has 3 atom stereocenters. The van der Waals surface area contributed by atoms with Gasteiger partial charge in [0, 0.05) is 34.7 Å². The Balaban J connectivity index is 1.49. The molecule has 19 heavy (non-hydrogen) atoms. The van der Waals surface area contributed by atoms with E-state index in [-0.39, 0.29) is 0 Å². The topological polar surface area (TPSA) is 37.0 Å². The average Bonchev–Trinajstić information content (AvgIpc) is 3.10. The van der Waals surface area contributed by atoms with Crippen LogP contribution in [-0.2, 0) is 11.3 Å². The molecule has 0 saturated carbocycles. The standard InChI is InChI=1S/C15H17ClN2O/c16-10-1-3-12-9(7-17-13(12)5-10)8-18-14-6-11-2-4-15(14)19-11/h1,3,5,7,11,14-15,17-18H,2,4,6,8H2. The third kappa shape index (κ3) is 2.06. The van der Waals surface area contributed by atoms with Crippen LogP contribution in [0.3, 0.4) is 0 Å². The first-order valence-electron chi connectivity index (χ1n) is 6.94. The van der Waals surface area contributed by atoms with Crippen LogP contribution in [0.4, 0.5) is 0 Å². The second-order valence-electron chi connectivity index (χ2n) is 5.60. The van der Waals surface area contributed by atoms with Crippen LogP contribution < -0.4 is 5.32 Å². The molecule has 2 aromatic rings. The first kappa shape index (κ1) is 11.8. The van der Waals surface area contributed by atoms with Crippen LogP contribution in [0.2, 0.25) is 5.02 Å². The van der Waals surface area contributed by atoms with E-state index in [0.717, 1.165) is 17.1 Å². The maximum atomic E-state index is 6.00. The van der Waals surface area contributed by atoms with Gasteiger partial charge in [0.05, 0.1) is 12.2 Å². The number of fused-ring (bicyclic) bond motifs is 3. The molecule has 2 bridgehead atoms. The Labute approximate surface area is 117 Å². The molecule has 2 aliphatic rings. The summed E-state index contributed by atoms with van der Waals surface area (Å²) in [5.74, 6) is 0. The first-order chi connectivity index (χ1) is 9.29. The fourth-order valence-corrected chi connectivity index (χ4v) is 3.57. The van der Waals surface area contributed by atoms with Gasteiger partial charge in [0.25, 0.3) is 0 Å². The van der Waals surface area contributed by atoms with Crippen molar-refractivity contribution in [3.63, 3.8) is 0 Å². The van der Waals surface area contributed by atoms with E-state index in [2.05, 4.69) is 22.6 Å². The molecule has 2 N–H and O–H groups in total. The Morgan fingerprint density at radius 3 is 3.11 bits per heavy atom. The van der Waals surface area contributed by atoms with E-state index >= 15 is 0 Å². The van der Waals surface area contributed by atoms with Crippen LogP contribution in [0.15, 0.2) is 24.4 Å². The highest BCUT2D eigenvalue weighted by molar-refractivity contribution is 6.31. The molecule has 0 radical (unpaired) electrons. The molecule has 3 heterocycles. The summed E-state index contributed by atoms with van der Waals surface area (Å²) in [4.78, 5) is 3.28. The minimum Gasteiger partial charge on any atom is -0.373 e. The molecule has 2 aliphatic heterocycles. The van der Waals surface area contributed by atoms with Crippen molar-refractivity contribution in [3.8, 4) is 0 Å². The molecular weight excluding hydrogens is 260 g/mol. The fraction of sp³-hybridized carbons (Fsp3) is 0.467. The molecule has 1 aromatic heterocycles. The van der Waals surface area contributed by atoms with E-state index < -0.39 is 0 Å². The third-order valence-electron chi connectivity index (χ3n) is 4.39. The van der Waals surface area contributed by atoms with Crippen LogP contribution in [0.1, 0.15) is 24.8 Å². The lowest BCUT2D eigenvalue weighted by molar-refractivity contribution is 0.0973. The van der Waals surface area contributed by atoms with Gasteiger partial charge in [0.15, 0.2) is 0 Å². The molecule has 100 valence electrons. The van der Waals surface area contributed by atoms with Crippen molar-refractivity contribution >= 4 is 22.5 Å². The van der Waals surface area contributed by atoms with Crippen LogP contribution in [0, 0.1) is 0 Å². The highest BCUT2D eigenvalue weighted by Gasteiger charge is 2.40. The van der Waals surface area contributed by atoms with Gasteiger partial charge in [0.1, 0.15) is 0 Å². The maximum absolute atomic E-state index is 6.00. The van der Waals surface area contributed by atoms with Crippen LogP contribution in [0.25, 0.3) is 10.9 Å². The van der Waals surface area contributed by atoms with Gasteiger partial charge in [-0.2, -0.15) is 0 Å². The summed E-state index contributed by atoms with van der Waals surface area (Å²) in [6.45, 7) is 0.888. The van der Waals surface area contributed by atoms with E-state index in [1.807, 2.05) is 12.1 Å². The zero-order valence-corrected chi connectivity index (χ0v) is 11.4. The minimum atomic E-state index is 0.435. The predicted octanol–water partition coefficient (Wildman–Crippen LogP) is 3.23. The highest BCUT2D eigenvalue weighted by Crippen LogP contribution is 2.34. The maximum Gasteiger partial charge on any atom is 0.0733 e. The molecule has 2 fully saturated rings. The lowest BCUT2D eigenvalue weighted by Crippen LogP contribution is -2.36. The Bertz CT molecular complexity index is 609. The molecular formula is C15H17ClN2O. The molecule has 2 saturated heterocycles. The van der Waals surface area contributed by atoms with Gasteiger partial charge in [-0.3, -0.25) is 0 Å². The second kappa shape index (κ2) is 4.51. The molecule has 0 spiro atoms. The number of nitrogens with one attached hydrogen (secondary N) is 2. The number of halogens is 1. The van der Waals surface area contributed by atoms with Gasteiger partial charge < -0.3 is 15.0 Å². The number of rotatable bonds is 3.